The van der Waals surface area contributed by atoms with E-state index in [0.29, 0.717) is 0 Å². The lowest BCUT2D eigenvalue weighted by molar-refractivity contribution is 0.743. The molecule has 0 N–H and O–H groups in total. The van der Waals surface area contributed by atoms with Gasteiger partial charge in [0.1, 0.15) is 5.54 Å². The topological polar surface area (TPSA) is 37.1 Å². The maximum atomic E-state index is 3.93. The van der Waals surface area contributed by atoms with Crippen molar-refractivity contribution < 1.29 is 0 Å². The van der Waals surface area contributed by atoms with Gasteiger partial charge < -0.3 is 0 Å². The molecular formula is C9H8N3. The Labute approximate surface area is 70.8 Å². The van der Waals surface area contributed by atoms with Crippen LogP contribution in [0.4, 0.5) is 0 Å². The van der Waals surface area contributed by atoms with Gasteiger partial charge in [0, 0.05) is 0 Å². The van der Waals surface area contributed by atoms with Crippen molar-refractivity contribution in [2.75, 3.05) is 0 Å². The van der Waals surface area contributed by atoms with Crippen molar-refractivity contribution in [3.8, 4) is 0 Å². The molecule has 0 aromatic heterocycles. The van der Waals surface area contributed by atoms with Crippen LogP contribution < -0.4 is 0 Å². The Morgan fingerprint density at radius 3 is 2.50 bits per heavy atom. The van der Waals surface area contributed by atoms with Gasteiger partial charge in [0.25, 0.3) is 0 Å². The molecule has 3 nitrogen and oxygen atoms in total. The van der Waals surface area contributed by atoms with E-state index in [4.69, 9.17) is 0 Å². The molecule has 1 atom stereocenters. The van der Waals surface area contributed by atoms with Crippen LogP contribution in [-0.2, 0) is 5.54 Å². The van der Waals surface area contributed by atoms with Crippen LogP contribution in [0.15, 0.2) is 45.8 Å². The third kappa shape index (κ3) is 1.03. The van der Waals surface area contributed by atoms with E-state index in [-0.39, 0.29) is 0 Å². The largest absolute Gasteiger partial charge is 0.151 e. The van der Waals surface area contributed by atoms with Gasteiger partial charge in [-0.05, 0) is 17.7 Å². The van der Waals surface area contributed by atoms with Crippen LogP contribution in [-0.4, -0.2) is 6.21 Å². The fraction of sp³-hybridized carbons (Fsp3) is 0.111. The van der Waals surface area contributed by atoms with Crippen molar-refractivity contribution in [3.05, 3.63) is 42.8 Å². The van der Waals surface area contributed by atoms with Crippen molar-refractivity contribution in [1.29, 1.82) is 0 Å². The highest BCUT2D eigenvalue weighted by molar-refractivity contribution is 5.75. The van der Waals surface area contributed by atoms with Crippen molar-refractivity contribution in [3.63, 3.8) is 0 Å². The van der Waals surface area contributed by atoms with Gasteiger partial charge in [-0.3, -0.25) is 0 Å². The van der Waals surface area contributed by atoms with Gasteiger partial charge in [0.2, 0.25) is 0 Å². The van der Waals surface area contributed by atoms with E-state index in [1.165, 1.54) is 0 Å². The fourth-order valence-electron chi connectivity index (χ4n) is 1.11. The second kappa shape index (κ2) is 2.52. The Morgan fingerprint density at radius 1 is 1.17 bits per heavy atom. The molecule has 1 heterocycles. The Morgan fingerprint density at radius 2 is 1.92 bits per heavy atom. The monoisotopic (exact) mass is 158 g/mol. The minimum Gasteiger partial charge on any atom is -0.151 e. The summed E-state index contributed by atoms with van der Waals surface area (Å²) in [4.78, 5) is 0. The summed E-state index contributed by atoms with van der Waals surface area (Å²) in [6, 6.07) is 9.77. The highest BCUT2D eigenvalue weighted by atomic mass is 15.4. The SMILES string of the molecule is [CH2]C1(c2ccccc2)C=NN=N1. The molecule has 2 rings (SSSR count). The molecule has 12 heavy (non-hydrogen) atoms. The minimum atomic E-state index is -0.596. The predicted molar refractivity (Wildman–Crippen MR) is 46.8 cm³/mol. The maximum Gasteiger partial charge on any atom is 0.146 e. The first-order valence-electron chi connectivity index (χ1n) is 3.68. The number of hydrogen-bond donors (Lipinski definition) is 0. The molecule has 0 bridgehead atoms. The molecular weight excluding hydrogens is 150 g/mol. The summed E-state index contributed by atoms with van der Waals surface area (Å²) in [5, 5.41) is 11.2. The molecule has 0 saturated heterocycles. The van der Waals surface area contributed by atoms with Crippen molar-refractivity contribution in [1.82, 2.24) is 0 Å². The first-order chi connectivity index (χ1) is 5.81. The summed E-state index contributed by atoms with van der Waals surface area (Å²) < 4.78 is 0. The van der Waals surface area contributed by atoms with Gasteiger partial charge >= 0.3 is 0 Å². The lowest BCUT2D eigenvalue weighted by Crippen LogP contribution is -2.18. The van der Waals surface area contributed by atoms with Gasteiger partial charge in [-0.1, -0.05) is 30.3 Å². The molecule has 1 aliphatic rings. The predicted octanol–water partition coefficient (Wildman–Crippen LogP) is 2.17. The summed E-state index contributed by atoms with van der Waals surface area (Å²) in [5.74, 6) is 0. The lowest BCUT2D eigenvalue weighted by atomic mass is 9.95. The van der Waals surface area contributed by atoms with Crippen LogP contribution in [0.5, 0.6) is 0 Å². The van der Waals surface area contributed by atoms with Gasteiger partial charge in [-0.25, -0.2) is 0 Å². The molecule has 1 aromatic carbocycles. The average Bonchev–Trinajstić information content (AvgIpc) is 2.55. The zero-order chi connectivity index (χ0) is 8.44. The molecule has 3 heteroatoms. The number of hydrogen-bond acceptors (Lipinski definition) is 3. The zero-order valence-corrected chi connectivity index (χ0v) is 6.51. The standard InChI is InChI=1S/C9H8N3/c1-9(7-10-12-11-9)8-5-3-2-4-6-8/h2-7H,1H2. The summed E-state index contributed by atoms with van der Waals surface area (Å²) in [7, 11) is 0. The summed E-state index contributed by atoms with van der Waals surface area (Å²) in [5.41, 5.74) is 0.413. The average molecular weight is 158 g/mol. The summed E-state index contributed by atoms with van der Waals surface area (Å²) >= 11 is 0. The van der Waals surface area contributed by atoms with Gasteiger partial charge in [0.15, 0.2) is 0 Å². The van der Waals surface area contributed by atoms with Gasteiger partial charge in [-0.2, -0.15) is 5.11 Å². The Hall–Kier alpha value is -1.51. The Balaban J connectivity index is 2.43. The quantitative estimate of drug-likeness (QED) is 0.600. The molecule has 0 aliphatic carbocycles. The van der Waals surface area contributed by atoms with Crippen LogP contribution >= 0.6 is 0 Å². The van der Waals surface area contributed by atoms with E-state index >= 15 is 0 Å². The van der Waals surface area contributed by atoms with E-state index in [1.807, 2.05) is 30.3 Å². The highest BCUT2D eigenvalue weighted by Crippen LogP contribution is 2.25. The maximum absolute atomic E-state index is 3.93. The van der Waals surface area contributed by atoms with E-state index in [9.17, 15) is 0 Å². The number of benzene rings is 1. The first-order valence-corrected chi connectivity index (χ1v) is 3.68. The van der Waals surface area contributed by atoms with Crippen molar-refractivity contribution >= 4 is 6.21 Å². The first kappa shape index (κ1) is 7.16. The zero-order valence-electron chi connectivity index (χ0n) is 6.51. The van der Waals surface area contributed by atoms with Gasteiger partial charge in [-0.15, -0.1) is 5.10 Å². The highest BCUT2D eigenvalue weighted by Gasteiger charge is 2.26. The second-order valence-electron chi connectivity index (χ2n) is 2.72. The third-order valence-corrected chi connectivity index (χ3v) is 1.82. The number of nitrogens with zero attached hydrogens (tertiary/aromatic N) is 3. The molecule has 59 valence electrons. The third-order valence-electron chi connectivity index (χ3n) is 1.82. The molecule has 0 amide bonds. The molecule has 0 saturated carbocycles. The second-order valence-corrected chi connectivity index (χ2v) is 2.72. The van der Waals surface area contributed by atoms with E-state index in [1.54, 1.807) is 6.21 Å². The van der Waals surface area contributed by atoms with E-state index in [0.717, 1.165) is 5.56 Å². The Kier molecular flexibility index (Phi) is 1.50. The summed E-state index contributed by atoms with van der Waals surface area (Å²) in [6.07, 6.45) is 1.64. The van der Waals surface area contributed by atoms with Crippen LogP contribution in [0.3, 0.4) is 0 Å². The van der Waals surface area contributed by atoms with E-state index < -0.39 is 5.54 Å². The lowest BCUT2D eigenvalue weighted by Gasteiger charge is -2.14. The van der Waals surface area contributed by atoms with Crippen LogP contribution in [0.2, 0.25) is 0 Å². The van der Waals surface area contributed by atoms with Crippen LogP contribution in [0, 0.1) is 6.92 Å². The molecule has 0 fully saturated rings. The molecule has 1 aromatic rings. The molecule has 1 aliphatic heterocycles. The smallest absolute Gasteiger partial charge is 0.146 e. The van der Waals surface area contributed by atoms with Crippen LogP contribution in [0.1, 0.15) is 5.56 Å². The molecule has 0 spiro atoms. The minimum absolute atomic E-state index is 0.596. The molecule has 1 radical (unpaired) electrons. The van der Waals surface area contributed by atoms with Gasteiger partial charge in [0.05, 0.1) is 6.21 Å². The molecule has 1 unspecified atom stereocenters. The fourth-order valence-corrected chi connectivity index (χ4v) is 1.11. The van der Waals surface area contributed by atoms with Crippen molar-refractivity contribution in [2.24, 2.45) is 15.4 Å². The summed E-state index contributed by atoms with van der Waals surface area (Å²) in [6.45, 7) is 3.93. The normalized spacial score (nSPS) is 26.4. The van der Waals surface area contributed by atoms with Crippen molar-refractivity contribution in [2.45, 2.75) is 5.54 Å². The Bertz CT molecular complexity index is 315. The number of rotatable bonds is 1. The van der Waals surface area contributed by atoms with E-state index in [2.05, 4.69) is 22.4 Å². The van der Waals surface area contributed by atoms with Crippen LogP contribution in [0.25, 0.3) is 0 Å².